The van der Waals surface area contributed by atoms with Gasteiger partial charge in [0.05, 0.1) is 0 Å². The molecule has 0 aliphatic carbocycles. The van der Waals surface area contributed by atoms with Gasteiger partial charge < -0.3 is 5.32 Å². The Balaban J connectivity index is 2.07. The maximum atomic E-state index is 3.45. The fraction of sp³-hybridized carbons (Fsp3) is 1.00. The minimum atomic E-state index is 1.01. The van der Waals surface area contributed by atoms with Crippen molar-refractivity contribution in [2.45, 2.75) is 84.5 Å². The Labute approximate surface area is 115 Å². The zero-order chi connectivity index (χ0) is 13.1. The highest BCUT2D eigenvalue weighted by molar-refractivity contribution is 4.81. The molecule has 1 aliphatic rings. The third kappa shape index (κ3) is 6.78. The molecular weight excluding hydrogens is 218 g/mol. The maximum absolute atomic E-state index is 3.45. The molecule has 1 unspecified atom stereocenters. The smallest absolute Gasteiger partial charge is 0.000559 e. The summed E-state index contributed by atoms with van der Waals surface area (Å²) >= 11 is 0. The monoisotopic (exact) mass is 253 g/mol. The molecule has 18 heavy (non-hydrogen) atoms. The fourth-order valence-corrected chi connectivity index (χ4v) is 3.10. The van der Waals surface area contributed by atoms with E-state index in [1.807, 2.05) is 0 Å². The Hall–Kier alpha value is -0.0400. The maximum Gasteiger partial charge on any atom is -0.000559 e. The van der Waals surface area contributed by atoms with Gasteiger partial charge in [-0.05, 0) is 24.9 Å². The van der Waals surface area contributed by atoms with Gasteiger partial charge in [0.2, 0.25) is 0 Å². The first-order chi connectivity index (χ1) is 8.88. The minimum absolute atomic E-state index is 1.01. The summed E-state index contributed by atoms with van der Waals surface area (Å²) in [5.74, 6) is 2.04. The van der Waals surface area contributed by atoms with E-state index < -0.39 is 0 Å². The first kappa shape index (κ1) is 16.0. The summed E-state index contributed by atoms with van der Waals surface area (Å²) in [6.45, 7) is 7.21. The van der Waals surface area contributed by atoms with Crippen molar-refractivity contribution >= 4 is 0 Å². The summed E-state index contributed by atoms with van der Waals surface area (Å²) in [5, 5.41) is 3.45. The molecule has 1 heteroatoms. The molecule has 108 valence electrons. The van der Waals surface area contributed by atoms with E-state index in [9.17, 15) is 0 Å². The molecule has 1 N–H and O–H groups in total. The Morgan fingerprint density at radius 3 is 1.72 bits per heavy atom. The van der Waals surface area contributed by atoms with Crippen molar-refractivity contribution in [3.8, 4) is 0 Å². The van der Waals surface area contributed by atoms with Crippen LogP contribution in [0.1, 0.15) is 84.5 Å². The Bertz CT molecular complexity index is 174. The Morgan fingerprint density at radius 2 is 1.28 bits per heavy atom. The standard InChI is InChI=1S/C17H35N/c1-3-5-7-9-11-13-16(17-14-18-15-17)12-10-8-6-4-2/h16-18H,3-15H2,1-2H3. The largest absolute Gasteiger partial charge is 0.316 e. The average molecular weight is 253 g/mol. The molecule has 1 aliphatic heterocycles. The van der Waals surface area contributed by atoms with Gasteiger partial charge in [0.15, 0.2) is 0 Å². The predicted octanol–water partition coefficient (Wildman–Crippen LogP) is 5.15. The van der Waals surface area contributed by atoms with Crippen molar-refractivity contribution in [1.29, 1.82) is 0 Å². The van der Waals surface area contributed by atoms with E-state index in [2.05, 4.69) is 19.2 Å². The van der Waals surface area contributed by atoms with E-state index in [0.717, 1.165) is 11.8 Å². The molecule has 0 saturated carbocycles. The van der Waals surface area contributed by atoms with E-state index in [1.54, 1.807) is 0 Å². The van der Waals surface area contributed by atoms with Crippen LogP contribution in [0.2, 0.25) is 0 Å². The third-order valence-electron chi connectivity index (χ3n) is 4.59. The van der Waals surface area contributed by atoms with Crippen molar-refractivity contribution in [3.05, 3.63) is 0 Å². The quantitative estimate of drug-likeness (QED) is 0.474. The molecule has 1 saturated heterocycles. The van der Waals surface area contributed by atoms with Crippen LogP contribution in [-0.4, -0.2) is 13.1 Å². The van der Waals surface area contributed by atoms with Gasteiger partial charge in [-0.25, -0.2) is 0 Å². The van der Waals surface area contributed by atoms with Gasteiger partial charge in [0.1, 0.15) is 0 Å². The van der Waals surface area contributed by atoms with Crippen LogP contribution < -0.4 is 5.32 Å². The molecule has 1 heterocycles. The van der Waals surface area contributed by atoms with Crippen LogP contribution >= 0.6 is 0 Å². The molecule has 0 radical (unpaired) electrons. The van der Waals surface area contributed by atoms with E-state index in [-0.39, 0.29) is 0 Å². The molecule has 0 aromatic rings. The molecule has 1 rings (SSSR count). The van der Waals surface area contributed by atoms with Gasteiger partial charge in [-0.15, -0.1) is 0 Å². The normalized spacial score (nSPS) is 17.7. The number of hydrogen-bond donors (Lipinski definition) is 1. The summed E-state index contributed by atoms with van der Waals surface area (Å²) in [6.07, 6.45) is 16.0. The summed E-state index contributed by atoms with van der Waals surface area (Å²) in [6, 6.07) is 0. The van der Waals surface area contributed by atoms with E-state index >= 15 is 0 Å². The lowest BCUT2D eigenvalue weighted by Gasteiger charge is -2.35. The third-order valence-corrected chi connectivity index (χ3v) is 4.59. The molecule has 0 spiro atoms. The van der Waals surface area contributed by atoms with Crippen LogP contribution in [0.4, 0.5) is 0 Å². The Morgan fingerprint density at radius 1 is 0.778 bits per heavy atom. The molecule has 1 atom stereocenters. The van der Waals surface area contributed by atoms with Gasteiger partial charge in [-0.2, -0.15) is 0 Å². The van der Waals surface area contributed by atoms with Crippen LogP contribution in [0.3, 0.4) is 0 Å². The highest BCUT2D eigenvalue weighted by Gasteiger charge is 2.25. The second-order valence-corrected chi connectivity index (χ2v) is 6.23. The minimum Gasteiger partial charge on any atom is -0.316 e. The molecule has 0 aromatic heterocycles. The van der Waals surface area contributed by atoms with Gasteiger partial charge in [-0.3, -0.25) is 0 Å². The second-order valence-electron chi connectivity index (χ2n) is 6.23. The second kappa shape index (κ2) is 10.8. The average Bonchev–Trinajstić information content (AvgIpc) is 2.31. The summed E-state index contributed by atoms with van der Waals surface area (Å²) in [4.78, 5) is 0. The summed E-state index contributed by atoms with van der Waals surface area (Å²) in [5.41, 5.74) is 0. The van der Waals surface area contributed by atoms with E-state index in [0.29, 0.717) is 0 Å². The van der Waals surface area contributed by atoms with Crippen molar-refractivity contribution < 1.29 is 0 Å². The van der Waals surface area contributed by atoms with Crippen molar-refractivity contribution in [2.24, 2.45) is 11.8 Å². The number of unbranched alkanes of at least 4 members (excludes halogenated alkanes) is 7. The molecule has 1 nitrogen and oxygen atoms in total. The van der Waals surface area contributed by atoms with Crippen molar-refractivity contribution in [2.75, 3.05) is 13.1 Å². The highest BCUT2D eigenvalue weighted by atomic mass is 14.9. The zero-order valence-electron chi connectivity index (χ0n) is 12.8. The van der Waals surface area contributed by atoms with E-state index in [4.69, 9.17) is 0 Å². The first-order valence-corrected chi connectivity index (χ1v) is 8.59. The number of rotatable bonds is 12. The SMILES string of the molecule is CCCCCCCC(CCCCCC)C1CNC1. The van der Waals surface area contributed by atoms with Crippen LogP contribution in [0.5, 0.6) is 0 Å². The van der Waals surface area contributed by atoms with Gasteiger partial charge in [-0.1, -0.05) is 84.5 Å². The molecule has 1 fully saturated rings. The van der Waals surface area contributed by atoms with Crippen LogP contribution in [0.25, 0.3) is 0 Å². The van der Waals surface area contributed by atoms with Crippen LogP contribution in [0.15, 0.2) is 0 Å². The lowest BCUT2D eigenvalue weighted by atomic mass is 9.80. The van der Waals surface area contributed by atoms with Crippen LogP contribution in [0, 0.1) is 11.8 Å². The van der Waals surface area contributed by atoms with E-state index in [1.165, 1.54) is 83.7 Å². The molecule has 0 bridgehead atoms. The highest BCUT2D eigenvalue weighted by Crippen LogP contribution is 2.28. The lowest BCUT2D eigenvalue weighted by molar-refractivity contribution is 0.202. The van der Waals surface area contributed by atoms with Crippen molar-refractivity contribution in [3.63, 3.8) is 0 Å². The van der Waals surface area contributed by atoms with Gasteiger partial charge in [0, 0.05) is 0 Å². The van der Waals surface area contributed by atoms with Gasteiger partial charge in [0.25, 0.3) is 0 Å². The topological polar surface area (TPSA) is 12.0 Å². The summed E-state index contributed by atoms with van der Waals surface area (Å²) in [7, 11) is 0. The molecule has 0 aromatic carbocycles. The fourth-order valence-electron chi connectivity index (χ4n) is 3.10. The molecular formula is C17H35N. The van der Waals surface area contributed by atoms with Crippen LogP contribution in [-0.2, 0) is 0 Å². The zero-order valence-corrected chi connectivity index (χ0v) is 12.8. The first-order valence-electron chi connectivity index (χ1n) is 8.59. The lowest BCUT2D eigenvalue weighted by Crippen LogP contribution is -2.46. The number of hydrogen-bond acceptors (Lipinski definition) is 1. The Kier molecular flexibility index (Phi) is 9.65. The number of nitrogens with one attached hydrogen (secondary N) is 1. The summed E-state index contributed by atoms with van der Waals surface area (Å²) < 4.78 is 0. The van der Waals surface area contributed by atoms with Gasteiger partial charge >= 0.3 is 0 Å². The van der Waals surface area contributed by atoms with Crippen molar-refractivity contribution in [1.82, 2.24) is 5.32 Å². The predicted molar refractivity (Wildman–Crippen MR) is 82.0 cm³/mol. The molecule has 0 amide bonds.